The number of para-hydroxylation sites is 1. The number of benzene rings is 2. The van der Waals surface area contributed by atoms with Crippen LogP contribution in [0.5, 0.6) is 0 Å². The summed E-state index contributed by atoms with van der Waals surface area (Å²) in [7, 11) is 0. The highest BCUT2D eigenvalue weighted by Gasteiger charge is 2.24. The zero-order valence-corrected chi connectivity index (χ0v) is 18.3. The van der Waals surface area contributed by atoms with Crippen LogP contribution in [0.4, 0.5) is 5.69 Å². The minimum atomic E-state index is 0.713. The number of fused-ring (bicyclic) bond motifs is 1. The number of anilines is 1. The third kappa shape index (κ3) is 3.94. The number of pyridine rings is 1. The van der Waals surface area contributed by atoms with Gasteiger partial charge in [-0.1, -0.05) is 60.1 Å². The van der Waals surface area contributed by atoms with Gasteiger partial charge in [0.2, 0.25) is 0 Å². The molecule has 0 atom stereocenters. The van der Waals surface area contributed by atoms with Crippen molar-refractivity contribution in [3.05, 3.63) is 59.1 Å². The van der Waals surface area contributed by atoms with Crippen LogP contribution in [-0.4, -0.2) is 42.1 Å². The Kier molecular flexibility index (Phi) is 5.98. The van der Waals surface area contributed by atoms with Crippen molar-refractivity contribution < 1.29 is 0 Å². The van der Waals surface area contributed by atoms with Crippen LogP contribution < -0.4 is 4.90 Å². The Labute approximate surface area is 176 Å². The molecule has 1 fully saturated rings. The average Bonchev–Trinajstić information content (AvgIpc) is 2.75. The molecule has 0 aliphatic carbocycles. The molecule has 4 rings (SSSR count). The van der Waals surface area contributed by atoms with Gasteiger partial charge in [0, 0.05) is 40.2 Å². The first-order valence-electron chi connectivity index (χ1n) is 10.3. The Morgan fingerprint density at radius 2 is 1.68 bits per heavy atom. The van der Waals surface area contributed by atoms with Crippen LogP contribution in [0.15, 0.2) is 59.1 Å². The lowest BCUT2D eigenvalue weighted by molar-refractivity contribution is 0.186. The minimum absolute atomic E-state index is 0.713. The molecule has 0 amide bonds. The largest absolute Gasteiger partial charge is 0.371 e. The summed E-state index contributed by atoms with van der Waals surface area (Å²) in [6.07, 6.45) is 2.46. The van der Waals surface area contributed by atoms with Crippen LogP contribution in [0.2, 0.25) is 0 Å². The van der Waals surface area contributed by atoms with Crippen LogP contribution in [0.3, 0.4) is 0 Å². The molecule has 0 saturated carbocycles. The minimum Gasteiger partial charge on any atom is -0.371 e. The molecule has 1 aliphatic heterocycles. The third-order valence-corrected chi connectivity index (χ3v) is 6.50. The quantitative estimate of drug-likeness (QED) is 0.489. The maximum absolute atomic E-state index is 4.95. The molecule has 0 unspecified atom stereocenters. The zero-order valence-electron chi connectivity index (χ0n) is 16.7. The Morgan fingerprint density at radius 3 is 2.36 bits per heavy atom. The van der Waals surface area contributed by atoms with Crippen molar-refractivity contribution in [1.29, 1.82) is 0 Å². The van der Waals surface area contributed by atoms with E-state index in [9.17, 15) is 0 Å². The number of hydrogen-bond donors (Lipinski definition) is 0. The number of hydrogen-bond acceptors (Lipinski definition) is 3. The zero-order chi connectivity index (χ0) is 19.5. The summed E-state index contributed by atoms with van der Waals surface area (Å²) < 4.78 is 1.09. The van der Waals surface area contributed by atoms with Gasteiger partial charge < -0.3 is 9.80 Å². The van der Waals surface area contributed by atoms with E-state index in [4.69, 9.17) is 4.98 Å². The number of rotatable bonds is 5. The molecule has 2 aromatic carbocycles. The highest BCUT2D eigenvalue weighted by molar-refractivity contribution is 9.10. The predicted molar refractivity (Wildman–Crippen MR) is 123 cm³/mol. The van der Waals surface area contributed by atoms with Crippen molar-refractivity contribution in [2.45, 2.75) is 32.7 Å². The second kappa shape index (κ2) is 8.62. The molecule has 0 radical (unpaired) electrons. The molecule has 0 spiro atoms. The van der Waals surface area contributed by atoms with Gasteiger partial charge in [-0.2, -0.15) is 0 Å². The van der Waals surface area contributed by atoms with Crippen molar-refractivity contribution in [1.82, 2.24) is 9.88 Å². The second-order valence-corrected chi connectivity index (χ2v) is 8.41. The van der Waals surface area contributed by atoms with Crippen LogP contribution in [0.1, 0.15) is 26.7 Å². The summed E-state index contributed by atoms with van der Waals surface area (Å²) in [5, 5.41) is 1.25. The molecule has 1 aromatic heterocycles. The van der Waals surface area contributed by atoms with E-state index in [0.717, 1.165) is 47.4 Å². The van der Waals surface area contributed by atoms with Gasteiger partial charge in [0.15, 0.2) is 0 Å². The van der Waals surface area contributed by atoms with Gasteiger partial charge in [0.1, 0.15) is 0 Å². The molecule has 3 nitrogen and oxygen atoms in total. The lowest BCUT2D eigenvalue weighted by Crippen LogP contribution is -2.44. The average molecular weight is 438 g/mol. The SMILES string of the molecule is CCN(CC)C1CCN(c2cc(-c3ccc(Br)cc3)nc3ccccc23)CC1. The standard InChI is InChI=1S/C24H28BrN3/c1-3-27(4-2)20-13-15-28(16-14-20)24-17-23(18-9-11-19(25)12-10-18)26-22-8-6-5-7-21(22)24/h5-12,17,20H,3-4,13-16H2,1-2H3. The highest BCUT2D eigenvalue weighted by Crippen LogP contribution is 2.33. The molecule has 1 aliphatic rings. The molecule has 4 heteroatoms. The first kappa shape index (κ1) is 19.4. The normalized spacial score (nSPS) is 15.5. The first-order chi connectivity index (χ1) is 13.7. The summed E-state index contributed by atoms with van der Waals surface area (Å²) in [4.78, 5) is 10.1. The van der Waals surface area contributed by atoms with Gasteiger partial charge in [-0.05, 0) is 50.2 Å². The maximum atomic E-state index is 4.95. The Hall–Kier alpha value is -1.91. The molecule has 3 aromatic rings. The van der Waals surface area contributed by atoms with E-state index in [2.05, 4.69) is 94.2 Å². The third-order valence-electron chi connectivity index (χ3n) is 5.97. The maximum Gasteiger partial charge on any atom is 0.0730 e. The van der Waals surface area contributed by atoms with Crippen LogP contribution >= 0.6 is 15.9 Å². The Balaban J connectivity index is 1.67. The van der Waals surface area contributed by atoms with E-state index < -0.39 is 0 Å². The van der Waals surface area contributed by atoms with Crippen molar-refractivity contribution in [3.8, 4) is 11.3 Å². The smallest absolute Gasteiger partial charge is 0.0730 e. The van der Waals surface area contributed by atoms with Gasteiger partial charge >= 0.3 is 0 Å². The van der Waals surface area contributed by atoms with Crippen molar-refractivity contribution >= 4 is 32.5 Å². The number of aromatic nitrogens is 1. The Morgan fingerprint density at radius 1 is 1.00 bits per heavy atom. The van der Waals surface area contributed by atoms with E-state index in [1.807, 2.05) is 0 Å². The van der Waals surface area contributed by atoms with Crippen molar-refractivity contribution in [2.75, 3.05) is 31.1 Å². The van der Waals surface area contributed by atoms with E-state index in [-0.39, 0.29) is 0 Å². The molecule has 28 heavy (non-hydrogen) atoms. The number of halogens is 1. The molecule has 0 bridgehead atoms. The fraction of sp³-hybridized carbons (Fsp3) is 0.375. The highest BCUT2D eigenvalue weighted by atomic mass is 79.9. The van der Waals surface area contributed by atoms with Gasteiger partial charge in [-0.3, -0.25) is 0 Å². The van der Waals surface area contributed by atoms with E-state index in [1.165, 1.54) is 23.9 Å². The summed E-state index contributed by atoms with van der Waals surface area (Å²) >= 11 is 3.53. The predicted octanol–water partition coefficient (Wildman–Crippen LogP) is 5.97. The van der Waals surface area contributed by atoms with Crippen molar-refractivity contribution in [2.24, 2.45) is 0 Å². The molecule has 2 heterocycles. The molecule has 1 saturated heterocycles. The van der Waals surface area contributed by atoms with Gasteiger partial charge in [-0.25, -0.2) is 4.98 Å². The lowest BCUT2D eigenvalue weighted by atomic mass is 10.0. The monoisotopic (exact) mass is 437 g/mol. The summed E-state index contributed by atoms with van der Waals surface area (Å²) in [6.45, 7) is 9.05. The molecule has 0 N–H and O–H groups in total. The van der Waals surface area contributed by atoms with Gasteiger partial charge in [0.25, 0.3) is 0 Å². The van der Waals surface area contributed by atoms with Crippen molar-refractivity contribution in [3.63, 3.8) is 0 Å². The fourth-order valence-corrected chi connectivity index (χ4v) is 4.66. The van der Waals surface area contributed by atoms with Crippen LogP contribution in [0.25, 0.3) is 22.2 Å². The van der Waals surface area contributed by atoms with E-state index in [0.29, 0.717) is 6.04 Å². The van der Waals surface area contributed by atoms with Gasteiger partial charge in [0.05, 0.1) is 11.2 Å². The topological polar surface area (TPSA) is 19.4 Å². The molecule has 146 valence electrons. The number of piperidine rings is 1. The van der Waals surface area contributed by atoms with Gasteiger partial charge in [-0.15, -0.1) is 0 Å². The Bertz CT molecular complexity index is 926. The van der Waals surface area contributed by atoms with E-state index >= 15 is 0 Å². The molecular formula is C24H28BrN3. The molecular weight excluding hydrogens is 410 g/mol. The summed E-state index contributed by atoms with van der Waals surface area (Å²) in [5.41, 5.74) is 4.60. The fourth-order valence-electron chi connectivity index (χ4n) is 4.40. The second-order valence-electron chi connectivity index (χ2n) is 7.49. The van der Waals surface area contributed by atoms with Crippen LogP contribution in [0, 0.1) is 0 Å². The van der Waals surface area contributed by atoms with E-state index in [1.54, 1.807) is 0 Å². The summed E-state index contributed by atoms with van der Waals surface area (Å²) in [5.74, 6) is 0. The number of nitrogens with zero attached hydrogens (tertiary/aromatic N) is 3. The first-order valence-corrected chi connectivity index (χ1v) is 11.1. The summed E-state index contributed by atoms with van der Waals surface area (Å²) in [6, 6.07) is 20.0. The van der Waals surface area contributed by atoms with Crippen LogP contribution in [-0.2, 0) is 0 Å². The lowest BCUT2D eigenvalue weighted by Gasteiger charge is -2.39.